The summed E-state index contributed by atoms with van der Waals surface area (Å²) in [6.45, 7) is 0. The van der Waals surface area contributed by atoms with E-state index in [4.69, 9.17) is 4.74 Å². The van der Waals surface area contributed by atoms with Gasteiger partial charge in [-0.2, -0.15) is 0 Å². The van der Waals surface area contributed by atoms with Crippen LogP contribution in [0.25, 0.3) is 0 Å². The van der Waals surface area contributed by atoms with Crippen LogP contribution >= 0.6 is 31.9 Å². The highest BCUT2D eigenvalue weighted by atomic mass is 79.9. The van der Waals surface area contributed by atoms with Gasteiger partial charge in [0, 0.05) is 28.6 Å². The molecule has 0 bridgehead atoms. The predicted molar refractivity (Wildman–Crippen MR) is 75.9 cm³/mol. The Morgan fingerprint density at radius 1 is 1.24 bits per heavy atom. The summed E-state index contributed by atoms with van der Waals surface area (Å²) in [6, 6.07) is 7.72. The van der Waals surface area contributed by atoms with Gasteiger partial charge in [-0.05, 0) is 34.1 Å². The number of benzene rings is 1. The van der Waals surface area contributed by atoms with E-state index < -0.39 is 0 Å². The molecule has 0 saturated carbocycles. The van der Waals surface area contributed by atoms with Crippen LogP contribution in [0.2, 0.25) is 0 Å². The summed E-state index contributed by atoms with van der Waals surface area (Å²) in [5.74, 6) is 0.798. The number of hydrogen-bond acceptors (Lipinski definition) is 3. The van der Waals surface area contributed by atoms with E-state index in [0.717, 1.165) is 26.1 Å². The number of pyridine rings is 1. The smallest absolute Gasteiger partial charge is 0.122 e. The maximum absolute atomic E-state index is 5.21. The zero-order valence-corrected chi connectivity index (χ0v) is 12.2. The third-order valence-electron chi connectivity index (χ3n) is 2.16. The van der Waals surface area contributed by atoms with E-state index in [1.165, 1.54) is 0 Å². The average Bonchev–Trinajstić information content (AvgIpc) is 2.31. The number of methoxy groups -OCH3 is 1. The molecule has 0 amide bonds. The van der Waals surface area contributed by atoms with Crippen LogP contribution in [-0.4, -0.2) is 12.1 Å². The number of nitrogens with zero attached hydrogens (tertiary/aromatic N) is 1. The van der Waals surface area contributed by atoms with Gasteiger partial charge < -0.3 is 10.1 Å². The molecular formula is C12H10Br2N2O. The zero-order valence-electron chi connectivity index (χ0n) is 9.08. The number of nitrogens with one attached hydrogen (secondary N) is 1. The monoisotopic (exact) mass is 356 g/mol. The molecule has 1 aromatic carbocycles. The van der Waals surface area contributed by atoms with Crippen molar-refractivity contribution in [3.8, 4) is 5.75 Å². The number of ether oxygens (including phenoxy) is 1. The minimum Gasteiger partial charge on any atom is -0.497 e. The third-order valence-corrected chi connectivity index (χ3v) is 3.25. The molecule has 0 radical (unpaired) electrons. The fourth-order valence-electron chi connectivity index (χ4n) is 1.38. The second kappa shape index (κ2) is 5.51. The molecule has 0 atom stereocenters. The van der Waals surface area contributed by atoms with Gasteiger partial charge in [-0.1, -0.05) is 15.9 Å². The van der Waals surface area contributed by atoms with E-state index in [1.54, 1.807) is 19.5 Å². The van der Waals surface area contributed by atoms with Crippen LogP contribution < -0.4 is 10.1 Å². The largest absolute Gasteiger partial charge is 0.497 e. The van der Waals surface area contributed by atoms with Crippen LogP contribution in [0.3, 0.4) is 0 Å². The first kappa shape index (κ1) is 12.4. The highest BCUT2D eigenvalue weighted by Gasteiger charge is 2.02. The van der Waals surface area contributed by atoms with Gasteiger partial charge in [0.05, 0.1) is 17.3 Å². The molecule has 2 rings (SSSR count). The topological polar surface area (TPSA) is 34.1 Å². The molecule has 0 unspecified atom stereocenters. The molecule has 1 aromatic heterocycles. The standard InChI is InChI=1S/C12H10Br2N2O/c1-17-10-5-8(13)4-9(6-10)16-12-2-3-15-7-11(12)14/h2-7H,1H3,(H,15,16). The average molecular weight is 358 g/mol. The molecule has 2 aromatic rings. The second-order valence-corrected chi connectivity index (χ2v) is 5.13. The molecule has 0 fully saturated rings. The lowest BCUT2D eigenvalue weighted by molar-refractivity contribution is 0.415. The number of aromatic nitrogens is 1. The first-order chi connectivity index (χ1) is 8.19. The van der Waals surface area contributed by atoms with Crippen molar-refractivity contribution in [3.63, 3.8) is 0 Å². The van der Waals surface area contributed by atoms with Crippen molar-refractivity contribution >= 4 is 43.2 Å². The molecule has 17 heavy (non-hydrogen) atoms. The summed E-state index contributed by atoms with van der Waals surface area (Å²) in [5, 5.41) is 3.29. The summed E-state index contributed by atoms with van der Waals surface area (Å²) in [6.07, 6.45) is 3.49. The molecule has 3 nitrogen and oxygen atoms in total. The lowest BCUT2D eigenvalue weighted by atomic mass is 10.3. The first-order valence-corrected chi connectivity index (χ1v) is 6.49. The Labute approximate surface area is 116 Å². The van der Waals surface area contributed by atoms with E-state index in [9.17, 15) is 0 Å². The summed E-state index contributed by atoms with van der Waals surface area (Å²) in [5.41, 5.74) is 1.91. The Kier molecular flexibility index (Phi) is 4.02. The number of anilines is 2. The minimum absolute atomic E-state index is 0.798. The van der Waals surface area contributed by atoms with Gasteiger partial charge >= 0.3 is 0 Å². The summed E-state index contributed by atoms with van der Waals surface area (Å²) >= 11 is 6.88. The quantitative estimate of drug-likeness (QED) is 0.886. The van der Waals surface area contributed by atoms with E-state index in [-0.39, 0.29) is 0 Å². The highest BCUT2D eigenvalue weighted by Crippen LogP contribution is 2.29. The number of hydrogen-bond donors (Lipinski definition) is 1. The molecule has 0 aliphatic heterocycles. The SMILES string of the molecule is COc1cc(Br)cc(Nc2ccncc2Br)c1. The van der Waals surface area contributed by atoms with Crippen molar-refractivity contribution in [1.82, 2.24) is 4.98 Å². The molecular weight excluding hydrogens is 348 g/mol. The highest BCUT2D eigenvalue weighted by molar-refractivity contribution is 9.10. The maximum Gasteiger partial charge on any atom is 0.122 e. The van der Waals surface area contributed by atoms with Gasteiger partial charge in [0.2, 0.25) is 0 Å². The van der Waals surface area contributed by atoms with Crippen LogP contribution in [0, 0.1) is 0 Å². The Bertz CT molecular complexity index is 532. The Hall–Kier alpha value is -1.07. The number of rotatable bonds is 3. The van der Waals surface area contributed by atoms with Gasteiger partial charge in [-0.15, -0.1) is 0 Å². The Morgan fingerprint density at radius 3 is 2.76 bits per heavy atom. The molecule has 0 aliphatic rings. The van der Waals surface area contributed by atoms with E-state index in [2.05, 4.69) is 42.2 Å². The fraction of sp³-hybridized carbons (Fsp3) is 0.0833. The Morgan fingerprint density at radius 2 is 2.06 bits per heavy atom. The lowest BCUT2D eigenvalue weighted by Gasteiger charge is -2.10. The maximum atomic E-state index is 5.21. The van der Waals surface area contributed by atoms with E-state index >= 15 is 0 Å². The molecule has 0 aliphatic carbocycles. The zero-order chi connectivity index (χ0) is 12.3. The van der Waals surface area contributed by atoms with E-state index in [0.29, 0.717) is 0 Å². The molecule has 1 N–H and O–H groups in total. The van der Waals surface area contributed by atoms with E-state index in [1.807, 2.05) is 24.3 Å². The molecule has 5 heteroatoms. The van der Waals surface area contributed by atoms with Crippen molar-refractivity contribution in [2.24, 2.45) is 0 Å². The first-order valence-electron chi connectivity index (χ1n) is 4.90. The fourth-order valence-corrected chi connectivity index (χ4v) is 2.21. The summed E-state index contributed by atoms with van der Waals surface area (Å²) in [7, 11) is 1.65. The van der Waals surface area contributed by atoms with Gasteiger partial charge in [-0.25, -0.2) is 0 Å². The van der Waals surface area contributed by atoms with Crippen molar-refractivity contribution in [1.29, 1.82) is 0 Å². The molecule has 0 spiro atoms. The normalized spacial score (nSPS) is 10.1. The van der Waals surface area contributed by atoms with Crippen LogP contribution in [0.1, 0.15) is 0 Å². The van der Waals surface area contributed by atoms with Crippen LogP contribution in [-0.2, 0) is 0 Å². The van der Waals surface area contributed by atoms with Crippen molar-refractivity contribution in [2.75, 3.05) is 12.4 Å². The minimum atomic E-state index is 0.798. The summed E-state index contributed by atoms with van der Waals surface area (Å²) in [4.78, 5) is 4.02. The molecule has 0 saturated heterocycles. The van der Waals surface area contributed by atoms with Gasteiger partial charge in [0.25, 0.3) is 0 Å². The molecule has 88 valence electrons. The number of halogens is 2. The Balaban J connectivity index is 2.30. The van der Waals surface area contributed by atoms with Gasteiger partial charge in [0.1, 0.15) is 5.75 Å². The van der Waals surface area contributed by atoms with Gasteiger partial charge in [-0.3, -0.25) is 4.98 Å². The van der Waals surface area contributed by atoms with Gasteiger partial charge in [0.15, 0.2) is 0 Å². The van der Waals surface area contributed by atoms with Crippen molar-refractivity contribution < 1.29 is 4.74 Å². The summed E-state index contributed by atoms with van der Waals surface area (Å²) < 4.78 is 7.09. The van der Waals surface area contributed by atoms with Crippen molar-refractivity contribution in [2.45, 2.75) is 0 Å². The van der Waals surface area contributed by atoms with Crippen LogP contribution in [0.15, 0.2) is 45.6 Å². The third kappa shape index (κ3) is 3.20. The lowest BCUT2D eigenvalue weighted by Crippen LogP contribution is -1.93. The van der Waals surface area contributed by atoms with Crippen LogP contribution in [0.5, 0.6) is 5.75 Å². The second-order valence-electron chi connectivity index (χ2n) is 3.36. The molecule has 1 heterocycles. The van der Waals surface area contributed by atoms with Crippen LogP contribution in [0.4, 0.5) is 11.4 Å². The van der Waals surface area contributed by atoms with Crippen molar-refractivity contribution in [3.05, 3.63) is 45.6 Å². The predicted octanol–water partition coefficient (Wildman–Crippen LogP) is 4.36.